The van der Waals surface area contributed by atoms with Crippen molar-refractivity contribution in [2.45, 2.75) is 0 Å². The first-order valence-corrected chi connectivity index (χ1v) is 4.03. The SMILES string of the molecule is O=Cc1cc(Cl)c(Cl)c([N+](=O)[O-])c1[O-]. The highest BCUT2D eigenvalue weighted by Gasteiger charge is 2.19. The molecule has 0 aromatic heterocycles. The molecule has 0 aliphatic carbocycles. The van der Waals surface area contributed by atoms with Gasteiger partial charge in [0.1, 0.15) is 11.3 Å². The van der Waals surface area contributed by atoms with Gasteiger partial charge in [-0.15, -0.1) is 0 Å². The van der Waals surface area contributed by atoms with Crippen LogP contribution in [0.5, 0.6) is 5.75 Å². The van der Waals surface area contributed by atoms with Gasteiger partial charge < -0.3 is 5.11 Å². The molecule has 1 rings (SSSR count). The van der Waals surface area contributed by atoms with Crippen LogP contribution in [0.25, 0.3) is 0 Å². The van der Waals surface area contributed by atoms with Crippen LogP contribution in [-0.4, -0.2) is 11.2 Å². The molecule has 0 aliphatic heterocycles. The van der Waals surface area contributed by atoms with Gasteiger partial charge in [0.15, 0.2) is 0 Å². The fourth-order valence-electron chi connectivity index (χ4n) is 0.866. The van der Waals surface area contributed by atoms with Crippen molar-refractivity contribution in [1.82, 2.24) is 0 Å². The molecule has 0 heterocycles. The first kappa shape index (κ1) is 10.7. The number of halogens is 2. The van der Waals surface area contributed by atoms with Crippen LogP contribution in [0.15, 0.2) is 6.07 Å². The summed E-state index contributed by atoms with van der Waals surface area (Å²) in [6, 6.07) is 0.992. The van der Waals surface area contributed by atoms with Crippen LogP contribution < -0.4 is 5.11 Å². The predicted molar refractivity (Wildman–Crippen MR) is 47.9 cm³/mol. The molecule has 74 valence electrons. The Hall–Kier alpha value is -1.33. The molecule has 0 aliphatic rings. The predicted octanol–water partition coefficient (Wildman–Crippen LogP) is 1.79. The molecule has 7 heteroatoms. The minimum Gasteiger partial charge on any atom is -0.867 e. The third-order valence-corrected chi connectivity index (χ3v) is 2.26. The Morgan fingerprint density at radius 1 is 1.43 bits per heavy atom. The molecule has 1 aromatic rings. The number of carbonyl (C=O) groups excluding carboxylic acids is 1. The van der Waals surface area contributed by atoms with Crippen LogP contribution in [0.3, 0.4) is 0 Å². The largest absolute Gasteiger partial charge is 0.867 e. The zero-order valence-electron chi connectivity index (χ0n) is 6.49. The quantitative estimate of drug-likeness (QED) is 0.444. The minimum absolute atomic E-state index is 0.192. The van der Waals surface area contributed by atoms with E-state index in [1.807, 2.05) is 0 Å². The molecule has 0 amide bonds. The first-order valence-electron chi connectivity index (χ1n) is 3.27. The maximum Gasteiger partial charge on any atom is 0.282 e. The number of nitro groups is 1. The second-order valence-corrected chi connectivity index (χ2v) is 3.10. The van der Waals surface area contributed by atoms with E-state index in [9.17, 15) is 20.0 Å². The second-order valence-electron chi connectivity index (χ2n) is 2.31. The third kappa shape index (κ3) is 1.64. The van der Waals surface area contributed by atoms with Gasteiger partial charge in [-0.3, -0.25) is 14.9 Å². The normalized spacial score (nSPS) is 9.86. The van der Waals surface area contributed by atoms with Crippen molar-refractivity contribution in [3.8, 4) is 5.75 Å². The molecule has 0 unspecified atom stereocenters. The number of carbonyl (C=O) groups is 1. The summed E-state index contributed by atoms with van der Waals surface area (Å²) in [6.45, 7) is 0. The molecule has 0 bridgehead atoms. The smallest absolute Gasteiger partial charge is 0.282 e. The Balaban J connectivity index is 3.61. The topological polar surface area (TPSA) is 83.3 Å². The molecule has 0 fully saturated rings. The van der Waals surface area contributed by atoms with Gasteiger partial charge in [0, 0.05) is 5.56 Å². The van der Waals surface area contributed by atoms with Crippen molar-refractivity contribution in [3.63, 3.8) is 0 Å². The number of aldehydes is 1. The fraction of sp³-hybridized carbons (Fsp3) is 0. The van der Waals surface area contributed by atoms with E-state index in [1.165, 1.54) is 0 Å². The highest BCUT2D eigenvalue weighted by Crippen LogP contribution is 2.39. The number of benzene rings is 1. The van der Waals surface area contributed by atoms with Crippen molar-refractivity contribution >= 4 is 35.2 Å². The van der Waals surface area contributed by atoms with Crippen molar-refractivity contribution in [2.75, 3.05) is 0 Å². The number of rotatable bonds is 2. The van der Waals surface area contributed by atoms with Crippen LogP contribution in [0.4, 0.5) is 5.69 Å². The van der Waals surface area contributed by atoms with Gasteiger partial charge in [-0.2, -0.15) is 0 Å². The van der Waals surface area contributed by atoms with Gasteiger partial charge in [0.25, 0.3) is 5.69 Å². The molecule has 0 radical (unpaired) electrons. The van der Waals surface area contributed by atoms with E-state index in [2.05, 4.69) is 0 Å². The number of hydrogen-bond donors (Lipinski definition) is 0. The minimum atomic E-state index is -1.03. The van der Waals surface area contributed by atoms with Crippen molar-refractivity contribution in [1.29, 1.82) is 0 Å². The van der Waals surface area contributed by atoms with Crippen molar-refractivity contribution < 1.29 is 14.8 Å². The zero-order valence-corrected chi connectivity index (χ0v) is 8.00. The summed E-state index contributed by atoms with van der Waals surface area (Å²) in [7, 11) is 0. The number of nitro benzene ring substituents is 1. The summed E-state index contributed by atoms with van der Waals surface area (Å²) in [5, 5.41) is 21.0. The molecule has 1 aromatic carbocycles. The van der Waals surface area contributed by atoms with Gasteiger partial charge in [-0.25, -0.2) is 0 Å². The first-order chi connectivity index (χ1) is 6.49. The summed E-state index contributed by atoms with van der Waals surface area (Å²) in [5.41, 5.74) is -1.26. The van der Waals surface area contributed by atoms with Crippen LogP contribution in [0.1, 0.15) is 10.4 Å². The maximum atomic E-state index is 11.2. The lowest BCUT2D eigenvalue weighted by atomic mass is 10.2. The summed E-state index contributed by atoms with van der Waals surface area (Å²) >= 11 is 10.9. The molecular formula is C7H2Cl2NO4-. The molecule has 0 N–H and O–H groups in total. The lowest BCUT2D eigenvalue weighted by molar-refractivity contribution is -0.398. The Bertz CT molecular complexity index is 419. The van der Waals surface area contributed by atoms with E-state index in [1.54, 1.807) is 0 Å². The van der Waals surface area contributed by atoms with Crippen LogP contribution in [0, 0.1) is 10.1 Å². The molecule has 0 atom stereocenters. The average Bonchev–Trinajstić information content (AvgIpc) is 2.11. The molecule has 14 heavy (non-hydrogen) atoms. The van der Waals surface area contributed by atoms with Gasteiger partial charge in [-0.1, -0.05) is 23.2 Å². The number of nitrogens with zero attached hydrogens (tertiary/aromatic N) is 1. The lowest BCUT2D eigenvalue weighted by Crippen LogP contribution is -2.02. The summed E-state index contributed by atoms with van der Waals surface area (Å²) in [5.74, 6) is -1.03. The Morgan fingerprint density at radius 3 is 2.43 bits per heavy atom. The average molecular weight is 235 g/mol. The molecule has 0 saturated heterocycles. The maximum absolute atomic E-state index is 11.2. The van der Waals surface area contributed by atoms with E-state index >= 15 is 0 Å². The van der Waals surface area contributed by atoms with E-state index < -0.39 is 21.4 Å². The molecule has 5 nitrogen and oxygen atoms in total. The summed E-state index contributed by atoms with van der Waals surface area (Å²) in [4.78, 5) is 19.8. The third-order valence-electron chi connectivity index (χ3n) is 1.49. The summed E-state index contributed by atoms with van der Waals surface area (Å²) in [6.07, 6.45) is 0.192. The Labute approximate surface area is 88.0 Å². The van der Waals surface area contributed by atoms with Crippen molar-refractivity contribution in [2.24, 2.45) is 0 Å². The zero-order chi connectivity index (χ0) is 10.9. The van der Waals surface area contributed by atoms with Gasteiger partial charge in [-0.05, 0) is 11.8 Å². The molecular weight excluding hydrogens is 233 g/mol. The van der Waals surface area contributed by atoms with Crippen LogP contribution in [-0.2, 0) is 0 Å². The van der Waals surface area contributed by atoms with Crippen molar-refractivity contribution in [3.05, 3.63) is 31.8 Å². The highest BCUT2D eigenvalue weighted by molar-refractivity contribution is 6.43. The monoisotopic (exact) mass is 234 g/mol. The van der Waals surface area contributed by atoms with E-state index in [0.717, 1.165) is 6.07 Å². The van der Waals surface area contributed by atoms with Gasteiger partial charge in [0.2, 0.25) is 0 Å². The van der Waals surface area contributed by atoms with Crippen LogP contribution >= 0.6 is 23.2 Å². The second kappa shape index (κ2) is 3.81. The number of hydrogen-bond acceptors (Lipinski definition) is 4. The van der Waals surface area contributed by atoms with E-state index in [-0.39, 0.29) is 16.9 Å². The molecule has 0 saturated carbocycles. The Morgan fingerprint density at radius 2 is 2.00 bits per heavy atom. The van der Waals surface area contributed by atoms with E-state index in [0.29, 0.717) is 0 Å². The lowest BCUT2D eigenvalue weighted by Gasteiger charge is -2.11. The van der Waals surface area contributed by atoms with Crippen LogP contribution in [0.2, 0.25) is 10.0 Å². The standard InChI is InChI=1S/C7H3Cl2NO4/c8-4-1-3(2-11)7(12)6(5(4)9)10(13)14/h1-2,12H/p-1. The van der Waals surface area contributed by atoms with Gasteiger partial charge in [0.05, 0.1) is 9.95 Å². The molecule has 0 spiro atoms. The fourth-order valence-corrected chi connectivity index (χ4v) is 1.28. The Kier molecular flexibility index (Phi) is 2.93. The van der Waals surface area contributed by atoms with E-state index in [4.69, 9.17) is 23.2 Å². The summed E-state index contributed by atoms with van der Waals surface area (Å²) < 4.78 is 0. The highest BCUT2D eigenvalue weighted by atomic mass is 35.5. The van der Waals surface area contributed by atoms with Gasteiger partial charge >= 0.3 is 0 Å².